The van der Waals surface area contributed by atoms with Gasteiger partial charge in [0, 0.05) is 25.8 Å². The predicted octanol–water partition coefficient (Wildman–Crippen LogP) is 1.91. The SMILES string of the molecule is Cc1cnc(C(=O)N2CCN(C)[C@H](c3ccccc3)C2)cn1. The Kier molecular flexibility index (Phi) is 4.15. The third-order valence-electron chi connectivity index (χ3n) is 4.12. The second kappa shape index (κ2) is 6.23. The number of benzene rings is 1. The first-order valence-electron chi connectivity index (χ1n) is 7.48. The van der Waals surface area contributed by atoms with E-state index in [0.29, 0.717) is 18.8 Å². The van der Waals surface area contributed by atoms with Crippen LogP contribution in [0.1, 0.15) is 27.8 Å². The molecule has 1 aliphatic rings. The van der Waals surface area contributed by atoms with E-state index in [1.54, 1.807) is 12.4 Å². The van der Waals surface area contributed by atoms with E-state index in [0.717, 1.165) is 12.2 Å². The highest BCUT2D eigenvalue weighted by Crippen LogP contribution is 2.24. The van der Waals surface area contributed by atoms with E-state index in [-0.39, 0.29) is 11.9 Å². The zero-order chi connectivity index (χ0) is 15.5. The van der Waals surface area contributed by atoms with Gasteiger partial charge in [0.2, 0.25) is 0 Å². The lowest BCUT2D eigenvalue weighted by molar-refractivity contribution is 0.0540. The molecule has 0 N–H and O–H groups in total. The molecule has 5 heteroatoms. The number of rotatable bonds is 2. The molecule has 2 heterocycles. The smallest absolute Gasteiger partial charge is 0.274 e. The lowest BCUT2D eigenvalue weighted by Gasteiger charge is -2.39. The Balaban J connectivity index is 1.78. The van der Waals surface area contributed by atoms with Crippen LogP contribution in [0.15, 0.2) is 42.7 Å². The van der Waals surface area contributed by atoms with Crippen LogP contribution in [0.4, 0.5) is 0 Å². The number of carbonyl (C=O) groups is 1. The first-order valence-corrected chi connectivity index (χ1v) is 7.48. The number of nitrogens with zero attached hydrogens (tertiary/aromatic N) is 4. The van der Waals surface area contributed by atoms with Gasteiger partial charge in [-0.1, -0.05) is 30.3 Å². The quantitative estimate of drug-likeness (QED) is 0.849. The molecule has 0 spiro atoms. The maximum absolute atomic E-state index is 12.6. The molecule has 0 unspecified atom stereocenters. The molecule has 1 aromatic heterocycles. The van der Waals surface area contributed by atoms with Crippen molar-refractivity contribution in [1.82, 2.24) is 19.8 Å². The van der Waals surface area contributed by atoms with Gasteiger partial charge in [0.1, 0.15) is 5.69 Å². The van der Waals surface area contributed by atoms with E-state index in [4.69, 9.17) is 0 Å². The summed E-state index contributed by atoms with van der Waals surface area (Å²) < 4.78 is 0. The molecule has 1 aliphatic heterocycles. The van der Waals surface area contributed by atoms with Gasteiger partial charge in [-0.2, -0.15) is 0 Å². The van der Waals surface area contributed by atoms with Crippen LogP contribution in [0.25, 0.3) is 0 Å². The molecule has 3 rings (SSSR count). The number of amides is 1. The van der Waals surface area contributed by atoms with Gasteiger partial charge in [0.05, 0.1) is 17.9 Å². The molecule has 2 aromatic rings. The highest BCUT2D eigenvalue weighted by atomic mass is 16.2. The molecule has 1 aromatic carbocycles. The van der Waals surface area contributed by atoms with Crippen LogP contribution in [-0.4, -0.2) is 52.4 Å². The maximum atomic E-state index is 12.6. The Labute approximate surface area is 130 Å². The summed E-state index contributed by atoms with van der Waals surface area (Å²) in [6, 6.07) is 10.5. The van der Waals surface area contributed by atoms with Crippen molar-refractivity contribution >= 4 is 5.91 Å². The Bertz CT molecular complexity index is 641. The molecule has 0 saturated carbocycles. The van der Waals surface area contributed by atoms with Crippen LogP contribution in [-0.2, 0) is 0 Å². The van der Waals surface area contributed by atoms with Crippen molar-refractivity contribution in [2.75, 3.05) is 26.7 Å². The van der Waals surface area contributed by atoms with Gasteiger partial charge in [-0.25, -0.2) is 4.98 Å². The van der Waals surface area contributed by atoms with Gasteiger partial charge >= 0.3 is 0 Å². The molecule has 0 bridgehead atoms. The molecule has 1 atom stereocenters. The minimum Gasteiger partial charge on any atom is -0.334 e. The van der Waals surface area contributed by atoms with Gasteiger partial charge in [0.15, 0.2) is 0 Å². The van der Waals surface area contributed by atoms with E-state index >= 15 is 0 Å². The van der Waals surface area contributed by atoms with Gasteiger partial charge in [-0.3, -0.25) is 14.7 Å². The average molecular weight is 296 g/mol. The van der Waals surface area contributed by atoms with Crippen LogP contribution in [0.2, 0.25) is 0 Å². The highest BCUT2D eigenvalue weighted by Gasteiger charge is 2.29. The molecule has 0 radical (unpaired) electrons. The molecular formula is C17H20N4O. The summed E-state index contributed by atoms with van der Waals surface area (Å²) in [6.45, 7) is 4.11. The minimum absolute atomic E-state index is 0.0402. The molecule has 1 saturated heterocycles. The largest absolute Gasteiger partial charge is 0.334 e. The number of hydrogen-bond donors (Lipinski definition) is 0. The van der Waals surface area contributed by atoms with Gasteiger partial charge in [0.25, 0.3) is 5.91 Å². The second-order valence-electron chi connectivity index (χ2n) is 5.70. The van der Waals surface area contributed by atoms with Crippen molar-refractivity contribution in [2.45, 2.75) is 13.0 Å². The summed E-state index contributed by atoms with van der Waals surface area (Å²) in [6.07, 6.45) is 3.20. The summed E-state index contributed by atoms with van der Waals surface area (Å²) in [5.41, 5.74) is 2.47. The van der Waals surface area contributed by atoms with Crippen LogP contribution >= 0.6 is 0 Å². The molecule has 1 fully saturated rings. The zero-order valence-corrected chi connectivity index (χ0v) is 12.9. The summed E-state index contributed by atoms with van der Waals surface area (Å²) >= 11 is 0. The third kappa shape index (κ3) is 2.99. The van der Waals surface area contributed by atoms with E-state index < -0.39 is 0 Å². The van der Waals surface area contributed by atoms with Crippen molar-refractivity contribution in [2.24, 2.45) is 0 Å². The van der Waals surface area contributed by atoms with E-state index in [1.807, 2.05) is 30.0 Å². The fraction of sp³-hybridized carbons (Fsp3) is 0.353. The van der Waals surface area contributed by atoms with Gasteiger partial charge in [-0.15, -0.1) is 0 Å². The van der Waals surface area contributed by atoms with Crippen molar-refractivity contribution in [3.05, 3.63) is 59.7 Å². The third-order valence-corrected chi connectivity index (χ3v) is 4.12. The van der Waals surface area contributed by atoms with E-state index in [9.17, 15) is 4.79 Å². The Hall–Kier alpha value is -2.27. The van der Waals surface area contributed by atoms with Crippen LogP contribution < -0.4 is 0 Å². The Morgan fingerprint density at radius 1 is 1.14 bits per heavy atom. The normalized spacial score (nSPS) is 19.2. The van der Waals surface area contributed by atoms with Crippen LogP contribution in [0, 0.1) is 6.92 Å². The number of carbonyl (C=O) groups excluding carboxylic acids is 1. The monoisotopic (exact) mass is 296 g/mol. The van der Waals surface area contributed by atoms with E-state index in [2.05, 4.69) is 34.0 Å². The number of aryl methyl sites for hydroxylation is 1. The van der Waals surface area contributed by atoms with Crippen LogP contribution in [0.5, 0.6) is 0 Å². The molecule has 0 aliphatic carbocycles. The van der Waals surface area contributed by atoms with E-state index in [1.165, 1.54) is 5.56 Å². The van der Waals surface area contributed by atoms with Crippen molar-refractivity contribution in [1.29, 1.82) is 0 Å². The summed E-state index contributed by atoms with van der Waals surface area (Å²) in [4.78, 5) is 25.1. The molecule has 5 nitrogen and oxygen atoms in total. The summed E-state index contributed by atoms with van der Waals surface area (Å²) in [7, 11) is 2.10. The topological polar surface area (TPSA) is 49.3 Å². The van der Waals surface area contributed by atoms with Crippen molar-refractivity contribution in [3.8, 4) is 0 Å². The molecule has 22 heavy (non-hydrogen) atoms. The molecule has 1 amide bonds. The molecule has 114 valence electrons. The Morgan fingerprint density at radius 2 is 1.91 bits per heavy atom. The lowest BCUT2D eigenvalue weighted by Crippen LogP contribution is -2.49. The zero-order valence-electron chi connectivity index (χ0n) is 12.9. The predicted molar refractivity (Wildman–Crippen MR) is 84.5 cm³/mol. The second-order valence-corrected chi connectivity index (χ2v) is 5.70. The maximum Gasteiger partial charge on any atom is 0.274 e. The number of piperazine rings is 1. The Morgan fingerprint density at radius 3 is 2.59 bits per heavy atom. The average Bonchev–Trinajstić information content (AvgIpc) is 2.56. The van der Waals surface area contributed by atoms with Crippen molar-refractivity contribution in [3.63, 3.8) is 0 Å². The van der Waals surface area contributed by atoms with Gasteiger partial charge in [-0.05, 0) is 19.5 Å². The molecular weight excluding hydrogens is 276 g/mol. The lowest BCUT2D eigenvalue weighted by atomic mass is 10.0. The highest BCUT2D eigenvalue weighted by molar-refractivity contribution is 5.92. The number of aromatic nitrogens is 2. The fourth-order valence-electron chi connectivity index (χ4n) is 2.76. The summed E-state index contributed by atoms with van der Waals surface area (Å²) in [5.74, 6) is -0.0402. The fourth-order valence-corrected chi connectivity index (χ4v) is 2.76. The van der Waals surface area contributed by atoms with Crippen LogP contribution in [0.3, 0.4) is 0 Å². The van der Waals surface area contributed by atoms with Gasteiger partial charge < -0.3 is 4.90 Å². The standard InChI is InChI=1S/C17H20N4O/c1-13-10-19-15(11-18-13)17(22)21-9-8-20(2)16(12-21)14-6-4-3-5-7-14/h3-7,10-11,16H,8-9,12H2,1-2H3/t16-/m0/s1. The minimum atomic E-state index is -0.0402. The summed E-state index contributed by atoms with van der Waals surface area (Å²) in [5, 5.41) is 0. The van der Waals surface area contributed by atoms with Crippen molar-refractivity contribution < 1.29 is 4.79 Å². The number of likely N-dealkylation sites (N-methyl/N-ethyl adjacent to an activating group) is 1. The number of hydrogen-bond acceptors (Lipinski definition) is 4. The first-order chi connectivity index (χ1) is 10.6. The first kappa shape index (κ1) is 14.7.